The number of nitrogens with zero attached hydrogens (tertiary/aromatic N) is 1. The van der Waals surface area contributed by atoms with E-state index < -0.39 is 0 Å². The fraction of sp³-hybridized carbons (Fsp3) is 0.459. The molecule has 1 unspecified atom stereocenters. The van der Waals surface area contributed by atoms with Crippen molar-refractivity contribution in [3.05, 3.63) is 113 Å². The van der Waals surface area contributed by atoms with Crippen LogP contribution in [0.1, 0.15) is 114 Å². The topological polar surface area (TPSA) is 30.0 Å². The van der Waals surface area contributed by atoms with Crippen LogP contribution in [0.2, 0.25) is 0 Å². The van der Waals surface area contributed by atoms with Gasteiger partial charge in [-0.15, -0.1) is 6.58 Å². The molecule has 3 aromatic rings. The molecular weight excluding hydrogens is 474 g/mol. The largest absolute Gasteiger partial charge is 0.304 e. The Hall–Kier alpha value is -3.00. The summed E-state index contributed by atoms with van der Waals surface area (Å²) in [6.45, 7) is 28.9. The number of aryl methyl sites for hydroxylation is 4. The van der Waals surface area contributed by atoms with E-state index in [9.17, 15) is 0 Å². The lowest BCUT2D eigenvalue weighted by Gasteiger charge is -2.19. The van der Waals surface area contributed by atoms with Gasteiger partial charge in [0, 0.05) is 12.4 Å². The van der Waals surface area contributed by atoms with Crippen molar-refractivity contribution in [3.63, 3.8) is 0 Å². The van der Waals surface area contributed by atoms with Gasteiger partial charge in [-0.3, -0.25) is 4.98 Å². The first-order valence-corrected chi connectivity index (χ1v) is 14.3. The van der Waals surface area contributed by atoms with E-state index in [1.807, 2.05) is 38.4 Å². The molecule has 2 aromatic carbocycles. The van der Waals surface area contributed by atoms with Crippen molar-refractivity contribution in [2.24, 2.45) is 0 Å². The molecule has 0 aliphatic carbocycles. The molecule has 1 aromatic heterocycles. The van der Waals surface area contributed by atoms with E-state index in [0.717, 1.165) is 18.6 Å². The Kier molecular flexibility index (Phi) is 21.4. The van der Waals surface area contributed by atoms with Gasteiger partial charge < -0.3 is 4.79 Å². The predicted octanol–water partition coefficient (Wildman–Crippen LogP) is 10.9. The van der Waals surface area contributed by atoms with Crippen molar-refractivity contribution >= 4 is 6.29 Å². The summed E-state index contributed by atoms with van der Waals surface area (Å²) in [5, 5.41) is 0. The van der Waals surface area contributed by atoms with Gasteiger partial charge in [-0.1, -0.05) is 96.0 Å². The van der Waals surface area contributed by atoms with Crippen molar-refractivity contribution in [1.82, 2.24) is 4.98 Å². The molecule has 0 bridgehead atoms. The zero-order valence-corrected chi connectivity index (χ0v) is 27.2. The number of pyridine rings is 1. The molecule has 1 atom stereocenters. The summed E-state index contributed by atoms with van der Waals surface area (Å²) in [4.78, 5) is 12.7. The number of allylic oxidation sites excluding steroid dienone is 1. The van der Waals surface area contributed by atoms with Gasteiger partial charge in [-0.25, -0.2) is 0 Å². The molecule has 216 valence electrons. The number of benzene rings is 2. The third kappa shape index (κ3) is 19.7. The molecule has 0 amide bonds. The first-order valence-electron chi connectivity index (χ1n) is 14.3. The zero-order chi connectivity index (χ0) is 30.4. The second kappa shape index (κ2) is 21.9. The highest BCUT2D eigenvalue weighted by Gasteiger charge is 2.13. The van der Waals surface area contributed by atoms with Crippen LogP contribution in [-0.4, -0.2) is 11.3 Å². The average molecular weight is 532 g/mol. The Morgan fingerprint density at radius 3 is 1.79 bits per heavy atom. The minimum Gasteiger partial charge on any atom is -0.304 e. The lowest BCUT2D eigenvalue weighted by molar-refractivity contribution is -0.106. The summed E-state index contributed by atoms with van der Waals surface area (Å²) in [7, 11) is 0. The average Bonchev–Trinajstić information content (AvgIpc) is 2.87. The smallest absolute Gasteiger partial charge is 0.116 e. The molecule has 0 spiro atoms. The van der Waals surface area contributed by atoms with Crippen molar-refractivity contribution in [3.8, 4) is 0 Å². The van der Waals surface area contributed by atoms with Crippen LogP contribution in [0.15, 0.2) is 79.1 Å². The number of rotatable bonds is 4. The van der Waals surface area contributed by atoms with Crippen molar-refractivity contribution < 1.29 is 4.79 Å². The summed E-state index contributed by atoms with van der Waals surface area (Å²) < 4.78 is 0. The van der Waals surface area contributed by atoms with E-state index in [1.165, 1.54) is 58.7 Å². The molecule has 2 heteroatoms. The number of carbonyl (C=O) groups is 1. The summed E-state index contributed by atoms with van der Waals surface area (Å²) in [6.07, 6.45) is 8.06. The maximum atomic E-state index is 8.81. The Labute approximate surface area is 242 Å². The maximum Gasteiger partial charge on any atom is 0.116 e. The quantitative estimate of drug-likeness (QED) is 0.247. The number of aromatic nitrogens is 1. The lowest BCUT2D eigenvalue weighted by Crippen LogP contribution is -2.11. The highest BCUT2D eigenvalue weighted by atomic mass is 16.1. The van der Waals surface area contributed by atoms with Gasteiger partial charge in [0.2, 0.25) is 0 Å². The van der Waals surface area contributed by atoms with E-state index in [1.54, 1.807) is 0 Å². The van der Waals surface area contributed by atoms with Crippen LogP contribution in [0.3, 0.4) is 0 Å². The van der Waals surface area contributed by atoms with E-state index in [2.05, 4.69) is 116 Å². The highest BCUT2D eigenvalue weighted by Crippen LogP contribution is 2.24. The molecule has 1 heterocycles. The van der Waals surface area contributed by atoms with Crippen LogP contribution in [0.5, 0.6) is 0 Å². The maximum absolute atomic E-state index is 8.81. The molecule has 0 N–H and O–H groups in total. The molecule has 0 radical (unpaired) electrons. The Balaban J connectivity index is 0. The summed E-state index contributed by atoms with van der Waals surface area (Å²) in [5.41, 5.74) is 9.92. The van der Waals surface area contributed by atoms with Crippen LogP contribution in [0, 0.1) is 20.8 Å². The fourth-order valence-electron chi connectivity index (χ4n) is 3.55. The molecule has 39 heavy (non-hydrogen) atoms. The van der Waals surface area contributed by atoms with Gasteiger partial charge in [-0.05, 0) is 111 Å². The summed E-state index contributed by atoms with van der Waals surface area (Å²) in [5.74, 6) is 0.719. The molecule has 2 nitrogen and oxygen atoms in total. The SMILES string of the molecule is C=C(C)C.CC=O.CCCC(C)c1ccccc1C.CCc1ccncc1.Cc1ccc(C(C)(C)C)cc1C. The molecule has 0 saturated heterocycles. The van der Waals surface area contributed by atoms with Crippen LogP contribution >= 0.6 is 0 Å². The third-order valence-corrected chi connectivity index (χ3v) is 5.97. The summed E-state index contributed by atoms with van der Waals surface area (Å²) in [6, 6.07) is 19.5. The van der Waals surface area contributed by atoms with E-state index in [0.29, 0.717) is 0 Å². The standard InChI is InChI=1S/2C12H18.C7H9N.C4H8.C2H4O/c1-9-6-7-11(8-10(9)2)12(3,4)5;1-4-7-10(2)12-9-6-5-8-11(12)3;1-2-7-3-5-8-6-4-7;1-4(2)3;1-2-3/h6-8H,1-5H3;5-6,8-10H,4,7H2,1-3H3;3-6H,2H2,1H3;1H2,2-3H3;2H,1H3. The fourth-order valence-corrected chi connectivity index (χ4v) is 3.55. The molecule has 0 aliphatic heterocycles. The van der Waals surface area contributed by atoms with Crippen molar-refractivity contribution in [1.29, 1.82) is 0 Å². The van der Waals surface area contributed by atoms with Crippen molar-refractivity contribution in [2.75, 3.05) is 0 Å². The summed E-state index contributed by atoms with van der Waals surface area (Å²) >= 11 is 0. The normalized spacial score (nSPS) is 10.5. The molecule has 0 aliphatic rings. The van der Waals surface area contributed by atoms with Crippen LogP contribution < -0.4 is 0 Å². The second-order valence-electron chi connectivity index (χ2n) is 11.2. The number of hydrogen-bond donors (Lipinski definition) is 0. The number of carbonyl (C=O) groups excluding carboxylic acids is 1. The Bertz CT molecular complexity index is 1040. The van der Waals surface area contributed by atoms with Crippen LogP contribution in [0.4, 0.5) is 0 Å². The lowest BCUT2D eigenvalue weighted by atomic mass is 9.85. The first kappa shape index (κ1) is 38.1. The third-order valence-electron chi connectivity index (χ3n) is 5.97. The van der Waals surface area contributed by atoms with E-state index in [-0.39, 0.29) is 5.41 Å². The van der Waals surface area contributed by atoms with Gasteiger partial charge in [0.15, 0.2) is 0 Å². The Morgan fingerprint density at radius 1 is 0.897 bits per heavy atom. The van der Waals surface area contributed by atoms with E-state index in [4.69, 9.17) is 4.79 Å². The Morgan fingerprint density at radius 2 is 1.41 bits per heavy atom. The van der Waals surface area contributed by atoms with Crippen LogP contribution in [0.25, 0.3) is 0 Å². The van der Waals surface area contributed by atoms with Gasteiger partial charge in [0.05, 0.1) is 0 Å². The predicted molar refractivity (Wildman–Crippen MR) is 175 cm³/mol. The molecule has 0 fully saturated rings. The van der Waals surface area contributed by atoms with Gasteiger partial charge in [-0.2, -0.15) is 0 Å². The minimum atomic E-state index is 0.276. The van der Waals surface area contributed by atoms with E-state index >= 15 is 0 Å². The van der Waals surface area contributed by atoms with Gasteiger partial charge >= 0.3 is 0 Å². The van der Waals surface area contributed by atoms with Crippen LogP contribution in [-0.2, 0) is 16.6 Å². The number of aldehydes is 1. The van der Waals surface area contributed by atoms with Gasteiger partial charge in [0.1, 0.15) is 6.29 Å². The van der Waals surface area contributed by atoms with Crippen molar-refractivity contribution in [2.45, 2.75) is 114 Å². The molecule has 0 saturated carbocycles. The molecular formula is C37H57NO. The second-order valence-corrected chi connectivity index (χ2v) is 11.2. The molecule has 3 rings (SSSR count). The number of hydrogen-bond acceptors (Lipinski definition) is 2. The van der Waals surface area contributed by atoms with Gasteiger partial charge in [0.25, 0.3) is 0 Å². The highest BCUT2D eigenvalue weighted by molar-refractivity contribution is 5.44. The minimum absolute atomic E-state index is 0.276. The zero-order valence-electron chi connectivity index (χ0n) is 27.2. The first-order chi connectivity index (χ1) is 18.2. The monoisotopic (exact) mass is 531 g/mol.